The summed E-state index contributed by atoms with van der Waals surface area (Å²) in [6.07, 6.45) is 4.69. The molecule has 0 atom stereocenters. The quantitative estimate of drug-likeness (QED) is 0.333. The second kappa shape index (κ2) is 10.9. The molecule has 0 saturated heterocycles. The van der Waals surface area contributed by atoms with Gasteiger partial charge < -0.3 is 16.0 Å². The molecule has 0 radical (unpaired) electrons. The molecule has 0 aliphatic rings. The van der Waals surface area contributed by atoms with Crippen LogP contribution in [0.3, 0.4) is 0 Å². The number of benzene rings is 1. The third kappa shape index (κ3) is 8.42. The molecule has 2 aromatic rings. The molecular formula is C19H29IN6O. The lowest BCUT2D eigenvalue weighted by Crippen LogP contribution is -2.48. The Morgan fingerprint density at radius 2 is 1.89 bits per heavy atom. The first-order valence-corrected chi connectivity index (χ1v) is 8.72. The van der Waals surface area contributed by atoms with E-state index in [2.05, 4.69) is 26.0 Å². The number of carbonyl (C=O) groups excluding carboxylic acids is 1. The largest absolute Gasteiger partial charge is 0.356 e. The first kappa shape index (κ1) is 22.9. The van der Waals surface area contributed by atoms with Gasteiger partial charge in [0.05, 0.1) is 18.4 Å². The van der Waals surface area contributed by atoms with Crippen molar-refractivity contribution in [3.05, 3.63) is 48.3 Å². The van der Waals surface area contributed by atoms with Crippen LogP contribution in [0.25, 0.3) is 5.69 Å². The van der Waals surface area contributed by atoms with Crippen LogP contribution in [-0.2, 0) is 11.2 Å². The molecule has 0 bridgehead atoms. The number of carbonyl (C=O) groups is 1. The minimum absolute atomic E-state index is 0. The van der Waals surface area contributed by atoms with E-state index in [-0.39, 0.29) is 42.0 Å². The third-order valence-corrected chi connectivity index (χ3v) is 3.52. The zero-order valence-corrected chi connectivity index (χ0v) is 18.7. The fraction of sp³-hybridized carbons (Fsp3) is 0.421. The molecule has 0 unspecified atom stereocenters. The molecule has 0 saturated carbocycles. The summed E-state index contributed by atoms with van der Waals surface area (Å²) in [5.74, 6) is 0.536. The SMILES string of the molecule is CN=C(NCCc1cnn(-c2ccccc2)c1)NCC(=O)NC(C)(C)C.I. The third-order valence-electron chi connectivity index (χ3n) is 3.52. The highest BCUT2D eigenvalue weighted by atomic mass is 127. The van der Waals surface area contributed by atoms with Crippen molar-refractivity contribution in [2.45, 2.75) is 32.7 Å². The van der Waals surface area contributed by atoms with E-state index < -0.39 is 0 Å². The van der Waals surface area contributed by atoms with Crippen LogP contribution in [0.2, 0.25) is 0 Å². The molecule has 3 N–H and O–H groups in total. The minimum Gasteiger partial charge on any atom is -0.356 e. The van der Waals surface area contributed by atoms with Crippen LogP contribution in [0.1, 0.15) is 26.3 Å². The van der Waals surface area contributed by atoms with Crippen molar-refractivity contribution in [2.24, 2.45) is 4.99 Å². The van der Waals surface area contributed by atoms with E-state index >= 15 is 0 Å². The van der Waals surface area contributed by atoms with Gasteiger partial charge in [-0.05, 0) is 44.9 Å². The maximum absolute atomic E-state index is 11.8. The molecule has 0 aliphatic carbocycles. The van der Waals surface area contributed by atoms with E-state index in [1.165, 1.54) is 0 Å². The summed E-state index contributed by atoms with van der Waals surface area (Å²) in [6, 6.07) is 10.00. The maximum atomic E-state index is 11.8. The van der Waals surface area contributed by atoms with Crippen LogP contribution in [0.15, 0.2) is 47.7 Å². The average molecular weight is 484 g/mol. The molecule has 7 nitrogen and oxygen atoms in total. The van der Waals surface area contributed by atoms with E-state index in [1.54, 1.807) is 7.05 Å². The van der Waals surface area contributed by atoms with Crippen LogP contribution in [0.4, 0.5) is 0 Å². The van der Waals surface area contributed by atoms with Crippen molar-refractivity contribution in [3.8, 4) is 5.69 Å². The van der Waals surface area contributed by atoms with E-state index in [1.807, 2.05) is 68.2 Å². The Balaban J connectivity index is 0.00000364. The number of halogens is 1. The Bertz CT molecular complexity index is 736. The number of nitrogens with zero attached hydrogens (tertiary/aromatic N) is 3. The lowest BCUT2D eigenvalue weighted by molar-refractivity contribution is -0.121. The molecule has 148 valence electrons. The average Bonchev–Trinajstić information content (AvgIpc) is 3.06. The van der Waals surface area contributed by atoms with Gasteiger partial charge in [-0.15, -0.1) is 24.0 Å². The van der Waals surface area contributed by atoms with Crippen LogP contribution in [-0.4, -0.2) is 47.3 Å². The molecule has 8 heteroatoms. The normalized spacial score (nSPS) is 11.5. The molecular weight excluding hydrogens is 455 g/mol. The van der Waals surface area contributed by atoms with Crippen molar-refractivity contribution < 1.29 is 4.79 Å². The van der Waals surface area contributed by atoms with Crippen LogP contribution < -0.4 is 16.0 Å². The first-order chi connectivity index (χ1) is 12.4. The highest BCUT2D eigenvalue weighted by Crippen LogP contribution is 2.07. The van der Waals surface area contributed by atoms with Gasteiger partial charge in [-0.2, -0.15) is 5.10 Å². The van der Waals surface area contributed by atoms with Gasteiger partial charge in [-0.1, -0.05) is 18.2 Å². The summed E-state index contributed by atoms with van der Waals surface area (Å²) >= 11 is 0. The highest BCUT2D eigenvalue weighted by molar-refractivity contribution is 14.0. The number of rotatable bonds is 6. The Morgan fingerprint density at radius 1 is 1.19 bits per heavy atom. The topological polar surface area (TPSA) is 83.3 Å². The number of aliphatic imine (C=N–C) groups is 1. The lowest BCUT2D eigenvalue weighted by Gasteiger charge is -2.21. The van der Waals surface area contributed by atoms with Gasteiger partial charge >= 0.3 is 0 Å². The molecule has 1 aromatic carbocycles. The van der Waals surface area contributed by atoms with Crippen molar-refractivity contribution in [1.29, 1.82) is 0 Å². The number of hydrogen-bond donors (Lipinski definition) is 3. The molecule has 0 aliphatic heterocycles. The van der Waals surface area contributed by atoms with E-state index in [0.717, 1.165) is 17.7 Å². The van der Waals surface area contributed by atoms with Crippen LogP contribution >= 0.6 is 24.0 Å². The number of hydrogen-bond acceptors (Lipinski definition) is 3. The molecule has 1 aromatic heterocycles. The summed E-state index contributed by atoms with van der Waals surface area (Å²) in [4.78, 5) is 16.0. The monoisotopic (exact) mass is 484 g/mol. The second-order valence-electron chi connectivity index (χ2n) is 7.03. The Labute approximate surface area is 178 Å². The van der Waals surface area contributed by atoms with Crippen LogP contribution in [0, 0.1) is 0 Å². The van der Waals surface area contributed by atoms with Gasteiger partial charge in [0.15, 0.2) is 5.96 Å². The molecule has 2 rings (SSSR count). The molecule has 27 heavy (non-hydrogen) atoms. The molecule has 0 fully saturated rings. The van der Waals surface area contributed by atoms with Crippen molar-refractivity contribution >= 4 is 35.8 Å². The summed E-state index contributed by atoms with van der Waals surface area (Å²) in [5.41, 5.74) is 1.92. The predicted octanol–water partition coefficient (Wildman–Crippen LogP) is 2.11. The Kier molecular flexibility index (Phi) is 9.27. The van der Waals surface area contributed by atoms with E-state index in [4.69, 9.17) is 0 Å². The zero-order chi connectivity index (χ0) is 19.0. The van der Waals surface area contributed by atoms with Gasteiger partial charge in [-0.3, -0.25) is 9.79 Å². The van der Waals surface area contributed by atoms with Crippen LogP contribution in [0.5, 0.6) is 0 Å². The number of aromatic nitrogens is 2. The zero-order valence-electron chi connectivity index (χ0n) is 16.3. The smallest absolute Gasteiger partial charge is 0.239 e. The number of guanidine groups is 1. The highest BCUT2D eigenvalue weighted by Gasteiger charge is 2.13. The first-order valence-electron chi connectivity index (χ1n) is 8.72. The summed E-state index contributed by atoms with van der Waals surface area (Å²) in [6.45, 7) is 6.73. The predicted molar refractivity (Wildman–Crippen MR) is 120 cm³/mol. The number of para-hydroxylation sites is 1. The van der Waals surface area contributed by atoms with Crippen molar-refractivity contribution in [3.63, 3.8) is 0 Å². The minimum atomic E-state index is -0.241. The number of nitrogens with one attached hydrogen (secondary N) is 3. The van der Waals surface area contributed by atoms with E-state index in [0.29, 0.717) is 12.5 Å². The molecule has 0 spiro atoms. The molecule has 1 heterocycles. The summed E-state index contributed by atoms with van der Waals surface area (Å²) in [5, 5.41) is 13.5. The second-order valence-corrected chi connectivity index (χ2v) is 7.03. The fourth-order valence-corrected chi connectivity index (χ4v) is 2.38. The van der Waals surface area contributed by atoms with Gasteiger partial charge in [0.25, 0.3) is 0 Å². The Hall–Kier alpha value is -2.10. The lowest BCUT2D eigenvalue weighted by atomic mass is 10.1. The summed E-state index contributed by atoms with van der Waals surface area (Å²) < 4.78 is 1.86. The van der Waals surface area contributed by atoms with Gasteiger partial charge in [0, 0.05) is 25.3 Å². The van der Waals surface area contributed by atoms with Gasteiger partial charge in [0.1, 0.15) is 0 Å². The Morgan fingerprint density at radius 3 is 2.52 bits per heavy atom. The van der Waals surface area contributed by atoms with Gasteiger partial charge in [-0.25, -0.2) is 4.68 Å². The maximum Gasteiger partial charge on any atom is 0.239 e. The fourth-order valence-electron chi connectivity index (χ4n) is 2.38. The van der Waals surface area contributed by atoms with Crippen molar-refractivity contribution in [1.82, 2.24) is 25.7 Å². The van der Waals surface area contributed by atoms with E-state index in [9.17, 15) is 4.79 Å². The van der Waals surface area contributed by atoms with Crippen molar-refractivity contribution in [2.75, 3.05) is 20.1 Å². The summed E-state index contributed by atoms with van der Waals surface area (Å²) in [7, 11) is 1.68. The molecule has 1 amide bonds. The van der Waals surface area contributed by atoms with Gasteiger partial charge in [0.2, 0.25) is 5.91 Å². The number of amides is 1. The standard InChI is InChI=1S/C19H28N6O.HI/c1-19(2,3)24-17(26)13-22-18(20-4)21-11-10-15-12-23-25(14-15)16-8-6-5-7-9-16;/h5-9,12,14H,10-11,13H2,1-4H3,(H,24,26)(H2,20,21,22);1H.